The van der Waals surface area contributed by atoms with Crippen molar-refractivity contribution in [3.8, 4) is 0 Å². The predicted molar refractivity (Wildman–Crippen MR) is 60.9 cm³/mol. The van der Waals surface area contributed by atoms with Gasteiger partial charge < -0.3 is 15.5 Å². The molecule has 0 atom stereocenters. The minimum absolute atomic E-state index is 0.0973. The molecule has 0 heterocycles. The Bertz CT molecular complexity index is 120. The van der Waals surface area contributed by atoms with E-state index in [1.165, 1.54) is 12.8 Å². The van der Waals surface area contributed by atoms with Gasteiger partial charge >= 0.3 is 0 Å². The van der Waals surface area contributed by atoms with Crippen LogP contribution in [0.3, 0.4) is 0 Å². The van der Waals surface area contributed by atoms with Crippen LogP contribution in [0.1, 0.15) is 33.1 Å². The summed E-state index contributed by atoms with van der Waals surface area (Å²) in [6.07, 6.45) is 3.60. The normalized spacial score (nSPS) is 12.2. The van der Waals surface area contributed by atoms with Gasteiger partial charge in [-0.25, -0.2) is 0 Å². The van der Waals surface area contributed by atoms with Crippen molar-refractivity contribution in [1.82, 2.24) is 5.32 Å². The quantitative estimate of drug-likeness (QED) is 0.424. The van der Waals surface area contributed by atoms with E-state index in [9.17, 15) is 0 Å². The Kier molecular flexibility index (Phi) is 7.55. The molecule has 0 saturated heterocycles. The highest BCUT2D eigenvalue weighted by molar-refractivity contribution is 5.98. The number of unbranched alkanes of at least 4 members (excludes halogenated alkanes) is 1. The molecule has 0 bridgehead atoms. The fraction of sp³-hybridized carbons (Fsp3) is 1.00. The number of rotatable bonds is 8. The number of nitrogens with two attached hydrogens (primary N) is 1. The van der Waals surface area contributed by atoms with Gasteiger partial charge in [-0.2, -0.15) is 0 Å². The van der Waals surface area contributed by atoms with Crippen LogP contribution in [0.5, 0.6) is 0 Å². The molecule has 0 amide bonds. The van der Waals surface area contributed by atoms with Gasteiger partial charge in [-0.15, -0.1) is 0 Å². The highest BCUT2D eigenvalue weighted by Gasteiger charge is 2.13. The van der Waals surface area contributed by atoms with Crippen molar-refractivity contribution in [3.05, 3.63) is 0 Å². The first-order valence-electron chi connectivity index (χ1n) is 5.08. The van der Waals surface area contributed by atoms with E-state index in [1.54, 1.807) is 0 Å². The topological polar surface area (TPSA) is 47.3 Å². The van der Waals surface area contributed by atoms with Gasteiger partial charge in [-0.3, -0.25) is 0 Å². The van der Waals surface area contributed by atoms with E-state index in [-0.39, 0.29) is 5.60 Å². The second-order valence-electron chi connectivity index (χ2n) is 3.96. The van der Waals surface area contributed by atoms with Gasteiger partial charge in [-0.1, -0.05) is 0 Å². The molecule has 0 spiro atoms. The van der Waals surface area contributed by atoms with E-state index in [1.807, 2.05) is 0 Å². The average Bonchev–Trinajstić information content (AvgIpc) is 2.11. The molecule has 0 aliphatic heterocycles. The van der Waals surface area contributed by atoms with Crippen LogP contribution in [0.25, 0.3) is 0 Å². The lowest BCUT2D eigenvalue weighted by Crippen LogP contribution is -2.25. The summed E-state index contributed by atoms with van der Waals surface area (Å²) in [5, 5.41) is 3.28. The Balaban J connectivity index is 3.16. The highest BCUT2D eigenvalue weighted by Crippen LogP contribution is 2.15. The second kappa shape index (κ2) is 7.50. The first-order chi connectivity index (χ1) is 6.12. The lowest BCUT2D eigenvalue weighted by atomic mass is 10.0. The molecule has 0 fully saturated rings. The third-order valence-corrected chi connectivity index (χ3v) is 3.36. The third-order valence-electron chi connectivity index (χ3n) is 2.26. The van der Waals surface area contributed by atoms with Gasteiger partial charge in [0.25, 0.3) is 0 Å². The smallest absolute Gasteiger partial charge is 0.146 e. The van der Waals surface area contributed by atoms with Crippen molar-refractivity contribution in [2.75, 3.05) is 19.6 Å². The Hall–Kier alpha value is 0.0969. The zero-order chi connectivity index (χ0) is 10.2. The molecule has 0 aromatic rings. The second-order valence-corrected chi connectivity index (χ2v) is 4.37. The van der Waals surface area contributed by atoms with Gasteiger partial charge in [0, 0.05) is 18.7 Å². The third kappa shape index (κ3) is 8.43. The van der Waals surface area contributed by atoms with Gasteiger partial charge in [0.05, 0.1) is 0 Å². The van der Waals surface area contributed by atoms with E-state index in [0.29, 0.717) is 0 Å². The van der Waals surface area contributed by atoms with Crippen LogP contribution >= 0.6 is 0 Å². The SMILES string of the molecule is CC(C)(CCCCNCCN)O[SiH3]. The van der Waals surface area contributed by atoms with E-state index >= 15 is 0 Å². The maximum atomic E-state index is 5.46. The number of hydrogen-bond acceptors (Lipinski definition) is 3. The van der Waals surface area contributed by atoms with Crippen LogP contribution in [0.4, 0.5) is 0 Å². The van der Waals surface area contributed by atoms with E-state index in [2.05, 4.69) is 19.2 Å². The van der Waals surface area contributed by atoms with E-state index in [4.69, 9.17) is 10.2 Å². The summed E-state index contributed by atoms with van der Waals surface area (Å²) in [6.45, 7) is 7.06. The molecule has 0 unspecified atom stereocenters. The Morgan fingerprint density at radius 3 is 2.54 bits per heavy atom. The fourth-order valence-corrected chi connectivity index (χ4v) is 1.33. The molecule has 0 aliphatic rings. The maximum Gasteiger partial charge on any atom is 0.146 e. The molecule has 0 aromatic carbocycles. The minimum Gasteiger partial charge on any atom is -0.423 e. The van der Waals surface area contributed by atoms with Crippen molar-refractivity contribution >= 4 is 10.5 Å². The van der Waals surface area contributed by atoms with Crippen molar-refractivity contribution in [2.45, 2.75) is 38.7 Å². The van der Waals surface area contributed by atoms with Gasteiger partial charge in [0.15, 0.2) is 0 Å². The minimum atomic E-state index is 0.0973. The zero-order valence-corrected chi connectivity index (χ0v) is 11.2. The summed E-state index contributed by atoms with van der Waals surface area (Å²) in [4.78, 5) is 0. The highest BCUT2D eigenvalue weighted by atomic mass is 28.2. The largest absolute Gasteiger partial charge is 0.423 e. The standard InChI is InChI=1S/C9H24N2OSi/c1-9(2,12-13)5-3-4-7-11-8-6-10/h11H,3-8,10H2,1-2,13H3. The Labute approximate surface area is 85.0 Å². The molecular weight excluding hydrogens is 180 g/mol. The average molecular weight is 204 g/mol. The van der Waals surface area contributed by atoms with Crippen molar-refractivity contribution in [3.63, 3.8) is 0 Å². The summed E-state index contributed by atoms with van der Waals surface area (Å²) in [6, 6.07) is 0. The van der Waals surface area contributed by atoms with Gasteiger partial charge in [-0.05, 0) is 39.7 Å². The lowest BCUT2D eigenvalue weighted by molar-refractivity contribution is 0.109. The lowest BCUT2D eigenvalue weighted by Gasteiger charge is -2.23. The van der Waals surface area contributed by atoms with E-state index in [0.717, 1.165) is 36.5 Å². The van der Waals surface area contributed by atoms with Crippen molar-refractivity contribution in [2.24, 2.45) is 5.73 Å². The maximum absolute atomic E-state index is 5.46. The van der Waals surface area contributed by atoms with E-state index < -0.39 is 0 Å². The van der Waals surface area contributed by atoms with Crippen molar-refractivity contribution in [1.29, 1.82) is 0 Å². The molecule has 0 aliphatic carbocycles. The van der Waals surface area contributed by atoms with Crippen LogP contribution in [0.15, 0.2) is 0 Å². The molecule has 13 heavy (non-hydrogen) atoms. The molecule has 0 saturated carbocycles. The summed E-state index contributed by atoms with van der Waals surface area (Å²) in [5.41, 5.74) is 5.45. The number of hydrogen-bond donors (Lipinski definition) is 2. The van der Waals surface area contributed by atoms with Gasteiger partial charge in [0.1, 0.15) is 10.5 Å². The van der Waals surface area contributed by atoms with Crippen molar-refractivity contribution < 1.29 is 4.43 Å². The fourth-order valence-electron chi connectivity index (χ4n) is 1.13. The molecule has 3 nitrogen and oxygen atoms in total. The summed E-state index contributed by atoms with van der Waals surface area (Å²) in [7, 11) is 0.835. The van der Waals surface area contributed by atoms with Gasteiger partial charge in [0.2, 0.25) is 0 Å². The van der Waals surface area contributed by atoms with Crippen LogP contribution in [0.2, 0.25) is 0 Å². The monoisotopic (exact) mass is 204 g/mol. The number of nitrogens with one attached hydrogen (secondary N) is 1. The first-order valence-corrected chi connectivity index (χ1v) is 5.90. The predicted octanol–water partition coefficient (Wildman–Crippen LogP) is -0.219. The van der Waals surface area contributed by atoms with Crippen LogP contribution in [-0.4, -0.2) is 35.7 Å². The summed E-state index contributed by atoms with van der Waals surface area (Å²) >= 11 is 0. The molecule has 80 valence electrons. The molecular formula is C9H24N2OSi. The summed E-state index contributed by atoms with van der Waals surface area (Å²) < 4.78 is 5.46. The molecule has 0 aromatic heterocycles. The molecule has 0 radical (unpaired) electrons. The van der Waals surface area contributed by atoms with Crippen LogP contribution < -0.4 is 11.1 Å². The zero-order valence-electron chi connectivity index (χ0n) is 9.23. The summed E-state index contributed by atoms with van der Waals surface area (Å²) in [5.74, 6) is 0. The van der Waals surface area contributed by atoms with Crippen LogP contribution in [-0.2, 0) is 4.43 Å². The van der Waals surface area contributed by atoms with Crippen LogP contribution in [0, 0.1) is 0 Å². The molecule has 4 heteroatoms. The Morgan fingerprint density at radius 1 is 1.31 bits per heavy atom. The molecule has 3 N–H and O–H groups in total. The first kappa shape index (κ1) is 13.1. The molecule has 0 rings (SSSR count). The Morgan fingerprint density at radius 2 is 2.00 bits per heavy atom.